The average molecular weight is 626 g/mol. The summed E-state index contributed by atoms with van der Waals surface area (Å²) >= 11 is 0. The van der Waals surface area contributed by atoms with E-state index < -0.39 is 5.60 Å². The Morgan fingerprint density at radius 3 is 2.02 bits per heavy atom. The van der Waals surface area contributed by atoms with Crippen molar-refractivity contribution in [2.75, 3.05) is 26.8 Å². The Hall–Kier alpha value is -2.29. The van der Waals surface area contributed by atoms with Crippen molar-refractivity contribution in [3.8, 4) is 0 Å². The summed E-state index contributed by atoms with van der Waals surface area (Å²) in [4.78, 5) is 14.1. The summed E-state index contributed by atoms with van der Waals surface area (Å²) in [5, 5.41) is 11.7. The van der Waals surface area contributed by atoms with Crippen molar-refractivity contribution in [1.82, 2.24) is 4.90 Å². The van der Waals surface area contributed by atoms with Crippen LogP contribution in [0.3, 0.4) is 0 Å². The van der Waals surface area contributed by atoms with Gasteiger partial charge in [-0.3, -0.25) is 9.69 Å². The largest absolute Gasteiger partial charge is 0.466 e. The van der Waals surface area contributed by atoms with E-state index in [0.29, 0.717) is 32.7 Å². The van der Waals surface area contributed by atoms with Crippen LogP contribution in [0, 0.1) is 5.41 Å². The van der Waals surface area contributed by atoms with Crippen LogP contribution in [0.15, 0.2) is 60.7 Å². The lowest BCUT2D eigenvalue weighted by Crippen LogP contribution is -2.52. The number of nitrogens with zero attached hydrogens (tertiary/aromatic N) is 1. The van der Waals surface area contributed by atoms with E-state index in [4.69, 9.17) is 18.9 Å². The van der Waals surface area contributed by atoms with Crippen LogP contribution in [-0.2, 0) is 37.0 Å². The second-order valence-electron chi connectivity index (χ2n) is 13.5. The van der Waals surface area contributed by atoms with Gasteiger partial charge in [-0.05, 0) is 63.2 Å². The lowest BCUT2D eigenvalue weighted by Gasteiger charge is -2.42. The summed E-state index contributed by atoms with van der Waals surface area (Å²) in [6.45, 7) is 12.7. The van der Waals surface area contributed by atoms with E-state index in [1.807, 2.05) is 50.2 Å². The minimum Gasteiger partial charge on any atom is -0.466 e. The topological polar surface area (TPSA) is 77.5 Å². The fraction of sp³-hybridized carbons (Fsp3) is 0.658. The maximum absolute atomic E-state index is 11.8. The van der Waals surface area contributed by atoms with Gasteiger partial charge in [-0.1, -0.05) is 101 Å². The minimum absolute atomic E-state index is 0.0610. The van der Waals surface area contributed by atoms with E-state index in [0.717, 1.165) is 56.2 Å². The lowest BCUT2D eigenvalue weighted by atomic mass is 9.73. The fourth-order valence-corrected chi connectivity index (χ4v) is 6.09. The van der Waals surface area contributed by atoms with Crippen LogP contribution < -0.4 is 0 Å². The van der Waals surface area contributed by atoms with Gasteiger partial charge in [0.1, 0.15) is 6.10 Å². The molecule has 2 aromatic rings. The molecule has 1 aliphatic rings. The van der Waals surface area contributed by atoms with Crippen LogP contribution in [0.4, 0.5) is 0 Å². The monoisotopic (exact) mass is 625 g/mol. The van der Waals surface area contributed by atoms with Crippen molar-refractivity contribution >= 4 is 5.97 Å². The van der Waals surface area contributed by atoms with Crippen LogP contribution in [0.25, 0.3) is 0 Å². The second-order valence-corrected chi connectivity index (χ2v) is 13.5. The molecule has 3 rings (SSSR count). The summed E-state index contributed by atoms with van der Waals surface area (Å²) in [6, 6.07) is 20.4. The summed E-state index contributed by atoms with van der Waals surface area (Å²) in [6.07, 6.45) is 6.32. The Morgan fingerprint density at radius 2 is 1.44 bits per heavy atom. The molecule has 252 valence electrons. The smallest absolute Gasteiger partial charge is 0.305 e. The first-order valence-electron chi connectivity index (χ1n) is 17.1. The Kier molecular flexibility index (Phi) is 15.5. The highest BCUT2D eigenvalue weighted by molar-refractivity contribution is 5.69. The Labute approximate surface area is 272 Å². The van der Waals surface area contributed by atoms with E-state index in [1.165, 1.54) is 0 Å². The van der Waals surface area contributed by atoms with Crippen LogP contribution in [0.2, 0.25) is 0 Å². The number of likely N-dealkylation sites (N-methyl/N-ethyl adjacent to an activating group) is 1. The summed E-state index contributed by atoms with van der Waals surface area (Å²) in [7, 11) is 2.13. The molecule has 0 amide bonds. The highest BCUT2D eigenvalue weighted by Crippen LogP contribution is 2.39. The second kappa shape index (κ2) is 18.8. The number of benzene rings is 2. The van der Waals surface area contributed by atoms with E-state index >= 15 is 0 Å². The molecule has 0 aromatic heterocycles. The van der Waals surface area contributed by atoms with Gasteiger partial charge < -0.3 is 24.1 Å². The predicted molar refractivity (Wildman–Crippen MR) is 180 cm³/mol. The van der Waals surface area contributed by atoms with Crippen LogP contribution in [-0.4, -0.2) is 72.7 Å². The summed E-state index contributed by atoms with van der Waals surface area (Å²) < 4.78 is 25.1. The predicted octanol–water partition coefficient (Wildman–Crippen LogP) is 7.34. The number of hydrogen-bond acceptors (Lipinski definition) is 7. The standard InChI is InChI=1S/C38H59NO6/c1-7-9-24-37(3,4)38(5,41)29-45-36-33(44-28-31-21-15-11-16-22-31)26-32(43-27-30-19-13-10-14-20-30)35(36)39(6)25-18-12-17-23-34(40)42-8-2/h10-11,13-16,19-22,32-33,35-36,41H,7-9,12,17-18,23-29H2,1-6H3/t32-,33+,35+,36+,38?/m0/s1. The van der Waals surface area contributed by atoms with Gasteiger partial charge in [0.15, 0.2) is 0 Å². The quantitative estimate of drug-likeness (QED) is 0.115. The zero-order valence-electron chi connectivity index (χ0n) is 28.7. The third kappa shape index (κ3) is 11.8. The molecule has 0 saturated heterocycles. The molecule has 2 aromatic carbocycles. The molecule has 7 heteroatoms. The van der Waals surface area contributed by atoms with Crippen molar-refractivity contribution < 1.29 is 28.8 Å². The van der Waals surface area contributed by atoms with E-state index in [-0.39, 0.29) is 42.3 Å². The number of aliphatic hydroxyl groups is 1. The third-order valence-corrected chi connectivity index (χ3v) is 9.54. The van der Waals surface area contributed by atoms with Gasteiger partial charge in [-0.25, -0.2) is 0 Å². The molecule has 0 aliphatic heterocycles. The third-order valence-electron chi connectivity index (χ3n) is 9.54. The van der Waals surface area contributed by atoms with Crippen LogP contribution in [0.1, 0.15) is 97.1 Å². The maximum Gasteiger partial charge on any atom is 0.305 e. The number of esters is 1. The van der Waals surface area contributed by atoms with Crippen molar-refractivity contribution in [2.24, 2.45) is 5.41 Å². The molecule has 0 heterocycles. The number of unbranched alkanes of at least 4 members (excludes halogenated alkanes) is 3. The first-order valence-corrected chi connectivity index (χ1v) is 17.1. The molecular formula is C38H59NO6. The fourth-order valence-electron chi connectivity index (χ4n) is 6.09. The molecule has 1 saturated carbocycles. The Bertz CT molecular complexity index is 1090. The molecule has 0 bridgehead atoms. The van der Waals surface area contributed by atoms with E-state index in [9.17, 15) is 9.90 Å². The molecule has 0 spiro atoms. The lowest BCUT2D eigenvalue weighted by molar-refractivity contribution is -0.158. The number of hydrogen-bond donors (Lipinski definition) is 1. The zero-order chi connectivity index (χ0) is 32.7. The average Bonchev–Trinajstić information content (AvgIpc) is 3.39. The molecule has 0 radical (unpaired) electrons. The van der Waals surface area contributed by atoms with Crippen molar-refractivity contribution in [1.29, 1.82) is 0 Å². The van der Waals surface area contributed by atoms with Gasteiger partial charge in [-0.15, -0.1) is 0 Å². The first kappa shape index (κ1) is 37.2. The number of carbonyl (C=O) groups is 1. The molecule has 1 N–H and O–H groups in total. The summed E-state index contributed by atoms with van der Waals surface area (Å²) in [5.41, 5.74) is 0.936. The molecule has 5 atom stereocenters. The maximum atomic E-state index is 11.8. The van der Waals surface area contributed by atoms with Crippen LogP contribution in [0.5, 0.6) is 0 Å². The van der Waals surface area contributed by atoms with E-state index in [2.05, 4.69) is 57.0 Å². The van der Waals surface area contributed by atoms with Gasteiger partial charge >= 0.3 is 5.97 Å². The molecule has 45 heavy (non-hydrogen) atoms. The van der Waals surface area contributed by atoms with Crippen molar-refractivity contribution in [3.05, 3.63) is 71.8 Å². The van der Waals surface area contributed by atoms with E-state index in [1.54, 1.807) is 0 Å². The van der Waals surface area contributed by atoms with Gasteiger partial charge in [0.25, 0.3) is 0 Å². The van der Waals surface area contributed by atoms with Gasteiger partial charge in [0.05, 0.1) is 50.3 Å². The normalized spacial score (nSPS) is 21.6. The van der Waals surface area contributed by atoms with Gasteiger partial charge in [-0.2, -0.15) is 0 Å². The number of carbonyl (C=O) groups excluding carboxylic acids is 1. The zero-order valence-corrected chi connectivity index (χ0v) is 28.7. The Balaban J connectivity index is 1.79. The first-order chi connectivity index (χ1) is 21.6. The number of ether oxygens (including phenoxy) is 4. The highest BCUT2D eigenvalue weighted by Gasteiger charge is 2.49. The van der Waals surface area contributed by atoms with Crippen LogP contribution >= 0.6 is 0 Å². The minimum atomic E-state index is -1.01. The molecule has 1 unspecified atom stereocenters. The SMILES string of the molecule is CCCCC(C)(C)C(C)(O)CO[C@H]1[C@H](N(C)CCCCCC(=O)OCC)[C@@H](OCc2ccccc2)C[C@H]1OCc1ccccc1. The summed E-state index contributed by atoms with van der Waals surface area (Å²) in [5.74, 6) is -0.128. The van der Waals surface area contributed by atoms with Crippen molar-refractivity contribution in [2.45, 2.75) is 129 Å². The highest BCUT2D eigenvalue weighted by atomic mass is 16.6. The number of rotatable bonds is 21. The molecule has 7 nitrogen and oxygen atoms in total. The Morgan fingerprint density at radius 1 is 0.844 bits per heavy atom. The molecular weight excluding hydrogens is 566 g/mol. The van der Waals surface area contributed by atoms with Crippen molar-refractivity contribution in [3.63, 3.8) is 0 Å². The molecule has 1 aliphatic carbocycles. The van der Waals surface area contributed by atoms with Gasteiger partial charge in [0.2, 0.25) is 0 Å². The molecule has 1 fully saturated rings. The van der Waals surface area contributed by atoms with Gasteiger partial charge in [0, 0.05) is 12.8 Å².